The topological polar surface area (TPSA) is 336 Å². The van der Waals surface area contributed by atoms with Crippen LogP contribution < -0.4 is 33.7 Å². The van der Waals surface area contributed by atoms with Crippen molar-refractivity contribution in [3.05, 3.63) is 99.9 Å². The average molecular weight is 737 g/mol. The molecule has 2 saturated carbocycles. The zero-order valence-corrected chi connectivity index (χ0v) is 27.3. The first kappa shape index (κ1) is 42.0. The lowest BCUT2D eigenvalue weighted by atomic mass is 9.96. The molecule has 6 N–H and O–H groups in total. The first-order valence-electron chi connectivity index (χ1n) is 15.9. The van der Waals surface area contributed by atoms with Gasteiger partial charge in [-0.1, -0.05) is 58.8 Å². The monoisotopic (exact) mass is 736 g/mol. The van der Waals surface area contributed by atoms with Crippen LogP contribution in [0.15, 0.2) is 43.7 Å². The quantitative estimate of drug-likeness (QED) is 0.117. The minimum atomic E-state index is -1.50. The Kier molecular flexibility index (Phi) is 15.6. The number of nitrogens with zero attached hydrogens (tertiary/aromatic N) is 2. The van der Waals surface area contributed by atoms with Crippen LogP contribution in [-0.2, 0) is 17.6 Å². The molecule has 2 aliphatic carbocycles. The van der Waals surface area contributed by atoms with E-state index in [4.69, 9.17) is 34.1 Å². The van der Waals surface area contributed by atoms with E-state index in [0.29, 0.717) is 30.2 Å². The van der Waals surface area contributed by atoms with Crippen LogP contribution in [0.25, 0.3) is 22.2 Å². The normalized spacial score (nSPS) is 13.9. The predicted octanol–water partition coefficient (Wildman–Crippen LogP) is 2.87. The number of fused-ring (bicyclic) bond motifs is 2. The van der Waals surface area contributed by atoms with E-state index in [1.807, 2.05) is 4.98 Å². The molecule has 0 unspecified atom stereocenters. The van der Waals surface area contributed by atoms with Crippen LogP contribution in [0.2, 0.25) is 0 Å². The average Bonchev–Trinajstić information content (AvgIpc) is 3.72. The van der Waals surface area contributed by atoms with Crippen LogP contribution in [0.4, 0.5) is 5.69 Å². The highest BCUT2D eigenvalue weighted by atomic mass is 16.9. The van der Waals surface area contributed by atoms with E-state index in [2.05, 4.69) is 15.0 Å². The minimum absolute atomic E-state index is 0. The largest absolute Gasteiger partial charge is 0.481 e. The van der Waals surface area contributed by atoms with Crippen LogP contribution in [-0.4, -0.2) is 46.2 Å². The van der Waals surface area contributed by atoms with Gasteiger partial charge in [0.2, 0.25) is 11.4 Å². The van der Waals surface area contributed by atoms with E-state index in [9.17, 15) is 38.9 Å². The summed E-state index contributed by atoms with van der Waals surface area (Å²) >= 11 is 0. The highest BCUT2D eigenvalue weighted by Crippen LogP contribution is 2.31. The fourth-order valence-corrected chi connectivity index (χ4v) is 6.31. The van der Waals surface area contributed by atoms with Gasteiger partial charge in [-0.25, -0.2) is 19.2 Å². The SMILES string of the molecule is C.CC(=O)O.O=[N+]([O-])O.O=c1[nH]c(=O)c2c(CCC3CCCC3)c([N+](=O)[O-])c(=O)oc2[nH]1.O=c1[nH]c(=O)c2c(CCC3CCCC3)cc(=O)oc2[nH]1. The fourth-order valence-electron chi connectivity index (χ4n) is 6.31. The molecular formula is C31H40N6O15. The summed E-state index contributed by atoms with van der Waals surface area (Å²) in [6, 6.07) is 1.35. The van der Waals surface area contributed by atoms with E-state index in [1.54, 1.807) is 0 Å². The maximum atomic E-state index is 12.0. The Bertz CT molecular complexity index is 2210. The zero-order chi connectivity index (χ0) is 37.8. The van der Waals surface area contributed by atoms with Crippen LogP contribution in [0, 0.1) is 32.1 Å². The van der Waals surface area contributed by atoms with E-state index in [1.165, 1.54) is 31.7 Å². The Hall–Kier alpha value is -6.15. The van der Waals surface area contributed by atoms with E-state index < -0.39 is 55.4 Å². The summed E-state index contributed by atoms with van der Waals surface area (Å²) in [5.74, 6) is 0.262. The predicted molar refractivity (Wildman–Crippen MR) is 183 cm³/mol. The van der Waals surface area contributed by atoms with Gasteiger partial charge in [0.1, 0.15) is 10.8 Å². The molecule has 0 atom stereocenters. The third kappa shape index (κ3) is 12.0. The molecule has 0 radical (unpaired) electrons. The van der Waals surface area contributed by atoms with Crippen molar-refractivity contribution in [2.75, 3.05) is 0 Å². The van der Waals surface area contributed by atoms with Crippen molar-refractivity contribution in [1.29, 1.82) is 0 Å². The van der Waals surface area contributed by atoms with Gasteiger partial charge in [0, 0.05) is 13.0 Å². The molecule has 4 heterocycles. The molecule has 0 saturated heterocycles. The smallest absolute Gasteiger partial charge is 0.416 e. The number of rotatable bonds is 7. The van der Waals surface area contributed by atoms with Crippen molar-refractivity contribution >= 4 is 33.9 Å². The summed E-state index contributed by atoms with van der Waals surface area (Å²) in [5, 5.41) is 32.4. The molecular weight excluding hydrogens is 696 g/mol. The molecule has 2 fully saturated rings. The van der Waals surface area contributed by atoms with Crippen molar-refractivity contribution in [3.63, 3.8) is 0 Å². The Balaban J connectivity index is 0.000000296. The highest BCUT2D eigenvalue weighted by Gasteiger charge is 2.28. The first-order valence-corrected chi connectivity index (χ1v) is 15.9. The Morgan fingerprint density at radius 1 is 0.788 bits per heavy atom. The second-order valence-corrected chi connectivity index (χ2v) is 11.9. The minimum Gasteiger partial charge on any atom is -0.481 e. The molecule has 0 aliphatic heterocycles. The van der Waals surface area contributed by atoms with E-state index in [-0.39, 0.29) is 41.6 Å². The summed E-state index contributed by atoms with van der Waals surface area (Å²) in [5.41, 5.74) is -4.90. The number of aliphatic carboxylic acids is 1. The molecule has 0 bridgehead atoms. The number of nitrogens with one attached hydrogen (secondary N) is 4. The summed E-state index contributed by atoms with van der Waals surface area (Å²) in [6.07, 6.45) is 11.8. The number of carboxylic acids is 1. The number of hydrogen-bond acceptors (Lipinski definition) is 13. The van der Waals surface area contributed by atoms with Crippen molar-refractivity contribution in [2.45, 2.75) is 91.4 Å². The Labute approximate surface area is 291 Å². The molecule has 0 amide bonds. The zero-order valence-electron chi connectivity index (χ0n) is 27.3. The molecule has 6 rings (SSSR count). The number of H-pyrrole nitrogens is 4. The number of nitro groups is 1. The Morgan fingerprint density at radius 2 is 1.21 bits per heavy atom. The van der Waals surface area contributed by atoms with Crippen molar-refractivity contribution in [1.82, 2.24) is 19.9 Å². The number of hydrogen-bond donors (Lipinski definition) is 6. The van der Waals surface area contributed by atoms with Gasteiger partial charge in [-0.2, -0.15) is 0 Å². The lowest BCUT2D eigenvalue weighted by molar-refractivity contribution is -0.742. The molecule has 2 aliphatic rings. The van der Waals surface area contributed by atoms with Crippen molar-refractivity contribution in [2.24, 2.45) is 11.8 Å². The van der Waals surface area contributed by atoms with Gasteiger partial charge >= 0.3 is 28.3 Å². The van der Waals surface area contributed by atoms with Gasteiger partial charge < -0.3 is 19.1 Å². The van der Waals surface area contributed by atoms with Gasteiger partial charge in [0.15, 0.2) is 0 Å². The third-order valence-corrected chi connectivity index (χ3v) is 8.36. The van der Waals surface area contributed by atoms with Crippen LogP contribution in [0.1, 0.15) is 89.7 Å². The number of aromatic nitrogens is 4. The van der Waals surface area contributed by atoms with Crippen LogP contribution in [0.5, 0.6) is 0 Å². The number of carbonyl (C=O) groups is 1. The van der Waals surface area contributed by atoms with Gasteiger partial charge in [-0.05, 0) is 43.1 Å². The van der Waals surface area contributed by atoms with E-state index in [0.717, 1.165) is 39.0 Å². The first-order chi connectivity index (χ1) is 24.1. The van der Waals surface area contributed by atoms with Gasteiger partial charge in [-0.3, -0.25) is 44.4 Å². The number of aryl methyl sites for hydroxylation is 2. The van der Waals surface area contributed by atoms with Crippen molar-refractivity contribution < 1.29 is 34.0 Å². The molecule has 0 spiro atoms. The summed E-state index contributed by atoms with van der Waals surface area (Å²) in [7, 11) is 0. The van der Waals surface area contributed by atoms with Gasteiger partial charge in [0.05, 0.1) is 10.5 Å². The molecule has 21 nitrogen and oxygen atoms in total. The maximum absolute atomic E-state index is 12.0. The van der Waals surface area contributed by atoms with Crippen LogP contribution >= 0.6 is 0 Å². The lowest BCUT2D eigenvalue weighted by Crippen LogP contribution is -2.25. The molecule has 52 heavy (non-hydrogen) atoms. The van der Waals surface area contributed by atoms with E-state index >= 15 is 0 Å². The second kappa shape index (κ2) is 19.3. The number of aromatic amines is 4. The molecule has 21 heteroatoms. The highest BCUT2D eigenvalue weighted by molar-refractivity contribution is 5.79. The molecule has 0 aromatic carbocycles. The maximum Gasteiger partial charge on any atom is 0.416 e. The standard InChI is InChI=1S/C14H15N3O6.C14H16N2O4.C2H4O2.CH4.HNO3/c18-11-9-8(6-5-7-3-1-2-4-7)10(17(21)22)13(19)23-12(9)16-14(20)15-11;17-10-7-9(6-5-8-3-1-2-4-8)11-12(18)15-14(19)16-13(11)20-10;1-2(3)4;;2-1(3)4/h7H,1-6H2,(H2,15,16,18,20);7-8H,1-6H2,(H2,15,16,18,19);1H3,(H,3,4);1H4;(H,2,3,4). The number of carboxylic acid groups (broad SMARTS) is 1. The third-order valence-electron chi connectivity index (χ3n) is 8.36. The summed E-state index contributed by atoms with van der Waals surface area (Å²) in [4.78, 5) is 106. The lowest BCUT2D eigenvalue weighted by Gasteiger charge is -2.09. The molecule has 4 aromatic rings. The van der Waals surface area contributed by atoms with Gasteiger partial charge in [0.25, 0.3) is 22.2 Å². The molecule has 284 valence electrons. The van der Waals surface area contributed by atoms with Gasteiger partial charge in [-0.15, -0.1) is 10.1 Å². The second-order valence-electron chi connectivity index (χ2n) is 11.9. The summed E-state index contributed by atoms with van der Waals surface area (Å²) in [6.45, 7) is 1.08. The van der Waals surface area contributed by atoms with Crippen LogP contribution in [0.3, 0.4) is 0 Å². The fraction of sp³-hybridized carbons (Fsp3) is 0.516. The summed E-state index contributed by atoms with van der Waals surface area (Å²) < 4.78 is 9.66. The Morgan fingerprint density at radius 3 is 1.67 bits per heavy atom. The van der Waals surface area contributed by atoms with Crippen molar-refractivity contribution in [3.8, 4) is 0 Å². The molecule has 4 aromatic heterocycles.